The van der Waals surface area contributed by atoms with Gasteiger partial charge in [0.25, 0.3) is 5.91 Å². The fraction of sp³-hybridized carbons (Fsp3) is 0.222. The second kappa shape index (κ2) is 6.52. The predicted octanol–water partition coefficient (Wildman–Crippen LogP) is 2.75. The number of hydrogen-bond acceptors (Lipinski definition) is 3. The van der Waals surface area contributed by atoms with Crippen LogP contribution in [-0.2, 0) is 4.74 Å². The number of para-hydroxylation sites is 1. The fourth-order valence-corrected chi connectivity index (χ4v) is 2.46. The molecule has 1 saturated heterocycles. The van der Waals surface area contributed by atoms with Crippen molar-refractivity contribution >= 4 is 17.7 Å². The van der Waals surface area contributed by atoms with Gasteiger partial charge in [-0.1, -0.05) is 35.9 Å². The maximum absolute atomic E-state index is 12.1. The molecule has 0 bridgehead atoms. The van der Waals surface area contributed by atoms with Crippen molar-refractivity contribution < 1.29 is 14.3 Å². The second-order valence-electron chi connectivity index (χ2n) is 5.53. The molecule has 0 aromatic heterocycles. The summed E-state index contributed by atoms with van der Waals surface area (Å²) < 4.78 is 5.31. The minimum Gasteiger partial charge on any atom is -0.442 e. The van der Waals surface area contributed by atoms with E-state index in [0.717, 1.165) is 11.3 Å². The monoisotopic (exact) mass is 310 g/mol. The molecule has 0 aliphatic carbocycles. The lowest BCUT2D eigenvalue weighted by Gasteiger charge is -2.12. The third-order valence-corrected chi connectivity index (χ3v) is 3.75. The van der Waals surface area contributed by atoms with Crippen LogP contribution in [0.1, 0.15) is 15.9 Å². The van der Waals surface area contributed by atoms with Crippen LogP contribution in [0.2, 0.25) is 0 Å². The largest absolute Gasteiger partial charge is 0.442 e. The van der Waals surface area contributed by atoms with Crippen LogP contribution in [-0.4, -0.2) is 31.2 Å². The number of cyclic esters (lactones) is 1. The summed E-state index contributed by atoms with van der Waals surface area (Å²) in [7, 11) is 0. The number of ether oxygens (including phenoxy) is 1. The van der Waals surface area contributed by atoms with E-state index in [-0.39, 0.29) is 18.1 Å². The summed E-state index contributed by atoms with van der Waals surface area (Å²) >= 11 is 0. The highest BCUT2D eigenvalue weighted by molar-refractivity contribution is 5.94. The van der Waals surface area contributed by atoms with E-state index in [4.69, 9.17) is 4.74 Å². The standard InChI is InChI=1S/C18H18N2O3/c1-13-7-9-14(10-8-13)17(21)19-11-16-12-20(18(22)23-16)15-5-3-2-4-6-15/h2-10,16H,11-12H2,1H3,(H,19,21). The van der Waals surface area contributed by atoms with E-state index in [9.17, 15) is 9.59 Å². The number of amides is 2. The zero-order chi connectivity index (χ0) is 16.2. The average Bonchev–Trinajstić information content (AvgIpc) is 2.95. The minimum absolute atomic E-state index is 0.167. The number of hydrogen-bond donors (Lipinski definition) is 1. The second-order valence-corrected chi connectivity index (χ2v) is 5.53. The highest BCUT2D eigenvalue weighted by Crippen LogP contribution is 2.20. The SMILES string of the molecule is Cc1ccc(C(=O)NCC2CN(c3ccccc3)C(=O)O2)cc1. The highest BCUT2D eigenvalue weighted by Gasteiger charge is 2.32. The van der Waals surface area contributed by atoms with Crippen LogP contribution in [0, 0.1) is 6.92 Å². The molecule has 5 heteroatoms. The molecule has 2 aromatic rings. The van der Waals surface area contributed by atoms with Gasteiger partial charge in [-0.3, -0.25) is 9.69 Å². The van der Waals surface area contributed by atoms with Crippen LogP contribution in [0.4, 0.5) is 10.5 Å². The third kappa shape index (κ3) is 3.51. The maximum Gasteiger partial charge on any atom is 0.414 e. The van der Waals surface area contributed by atoms with Gasteiger partial charge in [-0.05, 0) is 31.2 Å². The lowest BCUT2D eigenvalue weighted by atomic mass is 10.1. The smallest absolute Gasteiger partial charge is 0.414 e. The van der Waals surface area contributed by atoms with Crippen LogP contribution < -0.4 is 10.2 Å². The predicted molar refractivity (Wildman–Crippen MR) is 87.6 cm³/mol. The van der Waals surface area contributed by atoms with Gasteiger partial charge in [0, 0.05) is 11.3 Å². The first-order chi connectivity index (χ1) is 11.1. The zero-order valence-corrected chi connectivity index (χ0v) is 12.9. The van der Waals surface area contributed by atoms with Gasteiger partial charge in [0.1, 0.15) is 6.10 Å². The Morgan fingerprint density at radius 2 is 1.87 bits per heavy atom. The summed E-state index contributed by atoms with van der Waals surface area (Å²) in [6.45, 7) is 2.69. The Kier molecular flexibility index (Phi) is 4.28. The molecule has 0 saturated carbocycles. The summed E-state index contributed by atoms with van der Waals surface area (Å²) in [4.78, 5) is 25.6. The Balaban J connectivity index is 1.56. The van der Waals surface area contributed by atoms with Crippen molar-refractivity contribution in [3.63, 3.8) is 0 Å². The Hall–Kier alpha value is -2.82. The minimum atomic E-state index is -0.384. The molecule has 1 atom stereocenters. The summed E-state index contributed by atoms with van der Waals surface area (Å²) in [5.74, 6) is -0.167. The van der Waals surface area contributed by atoms with Crippen LogP contribution in [0.3, 0.4) is 0 Å². The van der Waals surface area contributed by atoms with Crippen LogP contribution in [0.15, 0.2) is 54.6 Å². The van der Waals surface area contributed by atoms with E-state index in [1.54, 1.807) is 17.0 Å². The highest BCUT2D eigenvalue weighted by atomic mass is 16.6. The first kappa shape index (κ1) is 15.1. The van der Waals surface area contributed by atoms with Gasteiger partial charge in [-0.25, -0.2) is 4.79 Å². The molecular formula is C18H18N2O3. The normalized spacial score (nSPS) is 17.0. The van der Waals surface area contributed by atoms with Gasteiger partial charge < -0.3 is 10.1 Å². The topological polar surface area (TPSA) is 58.6 Å². The van der Waals surface area contributed by atoms with Crippen molar-refractivity contribution in [2.24, 2.45) is 0 Å². The van der Waals surface area contributed by atoms with Gasteiger partial charge in [-0.2, -0.15) is 0 Å². The number of carbonyl (C=O) groups is 2. The number of nitrogens with zero attached hydrogens (tertiary/aromatic N) is 1. The first-order valence-corrected chi connectivity index (χ1v) is 7.51. The molecule has 23 heavy (non-hydrogen) atoms. The number of anilines is 1. The van der Waals surface area contributed by atoms with E-state index in [1.165, 1.54) is 0 Å². The molecule has 1 aliphatic rings. The molecule has 0 spiro atoms. The zero-order valence-electron chi connectivity index (χ0n) is 12.9. The molecule has 0 radical (unpaired) electrons. The van der Waals surface area contributed by atoms with Crippen molar-refractivity contribution in [3.05, 3.63) is 65.7 Å². The molecule has 1 unspecified atom stereocenters. The summed E-state index contributed by atoms with van der Waals surface area (Å²) in [5.41, 5.74) is 2.49. The molecule has 1 N–H and O–H groups in total. The number of carbonyl (C=O) groups excluding carboxylic acids is 2. The summed E-state index contributed by atoms with van der Waals surface area (Å²) in [6, 6.07) is 16.7. The van der Waals surface area contributed by atoms with E-state index in [0.29, 0.717) is 18.7 Å². The molecule has 1 aliphatic heterocycles. The molecule has 2 aromatic carbocycles. The molecule has 2 amide bonds. The summed E-state index contributed by atoms with van der Waals surface area (Å²) in [6.07, 6.45) is -0.733. The molecule has 5 nitrogen and oxygen atoms in total. The van der Waals surface area contributed by atoms with Crippen LogP contribution >= 0.6 is 0 Å². The van der Waals surface area contributed by atoms with Crippen molar-refractivity contribution in [1.29, 1.82) is 0 Å². The molecule has 1 fully saturated rings. The van der Waals surface area contributed by atoms with Crippen LogP contribution in [0.25, 0.3) is 0 Å². The Morgan fingerprint density at radius 1 is 1.17 bits per heavy atom. The quantitative estimate of drug-likeness (QED) is 0.944. The number of aryl methyl sites for hydroxylation is 1. The van der Waals surface area contributed by atoms with Crippen molar-refractivity contribution in [2.45, 2.75) is 13.0 Å². The lowest BCUT2D eigenvalue weighted by molar-refractivity contribution is 0.0916. The van der Waals surface area contributed by atoms with Crippen molar-refractivity contribution in [2.75, 3.05) is 18.0 Å². The Labute approximate surface area is 134 Å². The third-order valence-electron chi connectivity index (χ3n) is 3.75. The fourth-order valence-electron chi connectivity index (χ4n) is 2.46. The first-order valence-electron chi connectivity index (χ1n) is 7.51. The Morgan fingerprint density at radius 3 is 2.57 bits per heavy atom. The Bertz CT molecular complexity index is 698. The average molecular weight is 310 g/mol. The van der Waals surface area contributed by atoms with Crippen LogP contribution in [0.5, 0.6) is 0 Å². The summed E-state index contributed by atoms with van der Waals surface area (Å²) in [5, 5.41) is 2.81. The van der Waals surface area contributed by atoms with E-state index in [1.807, 2.05) is 49.4 Å². The van der Waals surface area contributed by atoms with Gasteiger partial charge in [0.2, 0.25) is 0 Å². The molecule has 1 heterocycles. The van der Waals surface area contributed by atoms with E-state index in [2.05, 4.69) is 5.32 Å². The molecular weight excluding hydrogens is 292 g/mol. The van der Waals surface area contributed by atoms with Crippen molar-refractivity contribution in [1.82, 2.24) is 5.32 Å². The van der Waals surface area contributed by atoms with Gasteiger partial charge in [0.05, 0.1) is 13.1 Å². The number of benzene rings is 2. The maximum atomic E-state index is 12.1. The lowest BCUT2D eigenvalue weighted by Crippen LogP contribution is -2.34. The number of nitrogens with one attached hydrogen (secondary N) is 1. The van der Waals surface area contributed by atoms with E-state index < -0.39 is 0 Å². The number of rotatable bonds is 4. The molecule has 3 rings (SSSR count). The molecule has 118 valence electrons. The van der Waals surface area contributed by atoms with Gasteiger partial charge >= 0.3 is 6.09 Å². The van der Waals surface area contributed by atoms with E-state index >= 15 is 0 Å². The van der Waals surface area contributed by atoms with Crippen molar-refractivity contribution in [3.8, 4) is 0 Å². The van der Waals surface area contributed by atoms with Gasteiger partial charge in [0.15, 0.2) is 0 Å². The van der Waals surface area contributed by atoms with Gasteiger partial charge in [-0.15, -0.1) is 0 Å².